The van der Waals surface area contributed by atoms with Gasteiger partial charge in [-0.25, -0.2) is 4.79 Å². The molecule has 0 unspecified atom stereocenters. The van der Waals surface area contributed by atoms with Crippen molar-refractivity contribution >= 4 is 23.5 Å². The molecule has 0 saturated carbocycles. The van der Waals surface area contributed by atoms with Crippen LogP contribution in [0.15, 0.2) is 23.4 Å². The normalized spacial score (nSPS) is 11.7. The quantitative estimate of drug-likeness (QED) is 0.315. The van der Waals surface area contributed by atoms with Crippen molar-refractivity contribution in [3.63, 3.8) is 0 Å². The van der Waals surface area contributed by atoms with E-state index in [1.807, 2.05) is 0 Å². The molecule has 0 heterocycles. The molecule has 0 aliphatic rings. The number of carboxylic acid groups (broad SMARTS) is 1. The van der Waals surface area contributed by atoms with Gasteiger partial charge in [0.05, 0.1) is 11.3 Å². The Labute approximate surface area is 74.1 Å². The lowest BCUT2D eigenvalue weighted by Crippen LogP contribution is -1.90. The van der Waals surface area contributed by atoms with Crippen LogP contribution in [0.3, 0.4) is 0 Å². The van der Waals surface area contributed by atoms with Gasteiger partial charge < -0.3 is 9.84 Å². The number of hydrogen-bond acceptors (Lipinski definition) is 3. The number of ether oxygens (including phenoxy) is 1. The van der Waals surface area contributed by atoms with Crippen molar-refractivity contribution in [2.45, 2.75) is 6.92 Å². The number of carboxylic acids is 1. The summed E-state index contributed by atoms with van der Waals surface area (Å²) in [6.07, 6.45) is 2.96. The van der Waals surface area contributed by atoms with E-state index in [0.717, 1.165) is 18.4 Å². The van der Waals surface area contributed by atoms with E-state index in [0.29, 0.717) is 0 Å². The van der Waals surface area contributed by atoms with E-state index >= 15 is 0 Å². The predicted molar refractivity (Wildman–Crippen MR) is 42.5 cm³/mol. The Kier molecular flexibility index (Phi) is 4.79. The summed E-state index contributed by atoms with van der Waals surface area (Å²) in [5, 5.41) is 8.17. The first kappa shape index (κ1) is 10.7. The highest BCUT2D eigenvalue weighted by Crippen LogP contribution is 2.02. The first-order chi connectivity index (χ1) is 5.52. The number of aliphatic carboxylic acids is 1. The average Bonchev–Trinajstić information content (AvgIpc) is 1.84. The number of allylic oxidation sites excluding steroid dienone is 2. The second-order valence-electron chi connectivity index (χ2n) is 1.78. The minimum Gasteiger partial charge on any atom is -0.478 e. The van der Waals surface area contributed by atoms with E-state index in [2.05, 4.69) is 4.74 Å². The zero-order chi connectivity index (χ0) is 9.56. The lowest BCUT2D eigenvalue weighted by Gasteiger charge is -1.89. The second kappa shape index (κ2) is 5.37. The Hall–Kier alpha value is -1.29. The molecule has 1 N–H and O–H groups in total. The third kappa shape index (κ3) is 6.82. The largest absolute Gasteiger partial charge is 0.478 e. The van der Waals surface area contributed by atoms with Gasteiger partial charge >= 0.3 is 11.9 Å². The molecular weight excluding hydrogens is 184 g/mol. The maximum absolute atomic E-state index is 10.2. The van der Waals surface area contributed by atoms with Crippen LogP contribution in [0.1, 0.15) is 6.92 Å². The Bertz CT molecular complexity index is 242. The topological polar surface area (TPSA) is 63.6 Å². The fraction of sp³-hybridized carbons (Fsp3) is 0.143. The van der Waals surface area contributed by atoms with E-state index in [-0.39, 0.29) is 5.03 Å². The monoisotopic (exact) mass is 190 g/mol. The van der Waals surface area contributed by atoms with Gasteiger partial charge in [-0.15, -0.1) is 0 Å². The molecular formula is C7H7ClO4. The van der Waals surface area contributed by atoms with Crippen LogP contribution >= 0.6 is 11.6 Å². The smallest absolute Gasteiger partial charge is 0.329 e. The highest BCUT2D eigenvalue weighted by atomic mass is 35.5. The summed E-state index contributed by atoms with van der Waals surface area (Å²) >= 11 is 5.36. The van der Waals surface area contributed by atoms with E-state index < -0.39 is 11.9 Å². The highest BCUT2D eigenvalue weighted by molar-refractivity contribution is 6.32. The predicted octanol–water partition coefficient (Wildman–Crippen LogP) is 1.27. The van der Waals surface area contributed by atoms with E-state index in [1.54, 1.807) is 0 Å². The fourth-order valence-corrected chi connectivity index (χ4v) is 0.506. The summed E-state index contributed by atoms with van der Waals surface area (Å²) in [6, 6.07) is 0. The molecule has 0 aromatic carbocycles. The van der Waals surface area contributed by atoms with Crippen molar-refractivity contribution in [1.29, 1.82) is 0 Å². The summed E-state index contributed by atoms with van der Waals surface area (Å²) in [5.41, 5.74) is 0. The molecule has 5 heteroatoms. The van der Waals surface area contributed by atoms with Gasteiger partial charge in [0.1, 0.15) is 0 Å². The summed E-state index contributed by atoms with van der Waals surface area (Å²) in [5.74, 6) is -1.65. The Morgan fingerprint density at radius 3 is 2.50 bits per heavy atom. The number of esters is 1. The molecule has 0 bridgehead atoms. The van der Waals surface area contributed by atoms with Crippen LogP contribution in [0.5, 0.6) is 0 Å². The molecule has 0 fully saturated rings. The molecule has 0 saturated heterocycles. The van der Waals surface area contributed by atoms with Crippen LogP contribution in [0.4, 0.5) is 0 Å². The molecule has 0 rings (SSSR count). The first-order valence-corrected chi connectivity index (χ1v) is 3.34. The van der Waals surface area contributed by atoms with Crippen LogP contribution in [0.2, 0.25) is 0 Å². The minimum absolute atomic E-state index is 0.0243. The van der Waals surface area contributed by atoms with Crippen LogP contribution in [0.25, 0.3) is 0 Å². The van der Waals surface area contributed by atoms with Crippen molar-refractivity contribution in [3.8, 4) is 0 Å². The molecule has 12 heavy (non-hydrogen) atoms. The standard InChI is InChI=1S/C7H7ClO4/c1-5(9)12-3-2-6(8)4-7(10)11/h2-4H,1H3,(H,10,11). The van der Waals surface area contributed by atoms with Gasteiger partial charge in [-0.3, -0.25) is 4.79 Å². The molecule has 0 aliphatic heterocycles. The molecule has 0 radical (unpaired) electrons. The number of rotatable bonds is 3. The lowest BCUT2D eigenvalue weighted by atomic mass is 10.5. The van der Waals surface area contributed by atoms with Gasteiger partial charge in [-0.1, -0.05) is 11.6 Å². The van der Waals surface area contributed by atoms with E-state index in [9.17, 15) is 9.59 Å². The van der Waals surface area contributed by atoms with Crippen LogP contribution in [0, 0.1) is 0 Å². The van der Waals surface area contributed by atoms with Gasteiger partial charge in [0.25, 0.3) is 0 Å². The van der Waals surface area contributed by atoms with Crippen LogP contribution in [-0.2, 0) is 14.3 Å². The summed E-state index contributed by atoms with van der Waals surface area (Å²) in [4.78, 5) is 20.2. The highest BCUT2D eigenvalue weighted by Gasteiger charge is 1.92. The Morgan fingerprint density at radius 1 is 1.50 bits per heavy atom. The third-order valence-electron chi connectivity index (χ3n) is 0.723. The third-order valence-corrected chi connectivity index (χ3v) is 0.958. The van der Waals surface area contributed by atoms with Crippen molar-refractivity contribution < 1.29 is 19.4 Å². The number of hydrogen-bond donors (Lipinski definition) is 1. The van der Waals surface area contributed by atoms with Crippen molar-refractivity contribution in [3.05, 3.63) is 23.4 Å². The van der Waals surface area contributed by atoms with E-state index in [1.165, 1.54) is 6.92 Å². The Balaban J connectivity index is 3.99. The zero-order valence-corrected chi connectivity index (χ0v) is 7.04. The summed E-state index contributed by atoms with van der Waals surface area (Å²) in [7, 11) is 0. The number of carbonyl (C=O) groups is 2. The molecule has 0 aromatic heterocycles. The Morgan fingerprint density at radius 2 is 2.08 bits per heavy atom. The minimum atomic E-state index is -1.16. The van der Waals surface area contributed by atoms with Gasteiger partial charge in [0, 0.05) is 13.0 Å². The maximum atomic E-state index is 10.2. The number of halogens is 1. The van der Waals surface area contributed by atoms with Gasteiger partial charge in [-0.05, 0) is 6.08 Å². The van der Waals surface area contributed by atoms with Gasteiger partial charge in [0.2, 0.25) is 0 Å². The zero-order valence-electron chi connectivity index (χ0n) is 6.28. The average molecular weight is 191 g/mol. The van der Waals surface area contributed by atoms with Crippen molar-refractivity contribution in [2.75, 3.05) is 0 Å². The van der Waals surface area contributed by atoms with Gasteiger partial charge in [-0.2, -0.15) is 0 Å². The SMILES string of the molecule is CC(=O)OC=CC(Cl)=CC(=O)O. The molecule has 4 nitrogen and oxygen atoms in total. The molecule has 0 spiro atoms. The van der Waals surface area contributed by atoms with Crippen molar-refractivity contribution in [2.24, 2.45) is 0 Å². The molecule has 0 amide bonds. The summed E-state index contributed by atoms with van der Waals surface area (Å²) < 4.78 is 4.36. The number of carbonyl (C=O) groups excluding carboxylic acids is 1. The fourth-order valence-electron chi connectivity index (χ4n) is 0.361. The van der Waals surface area contributed by atoms with E-state index in [4.69, 9.17) is 16.7 Å². The molecule has 66 valence electrons. The van der Waals surface area contributed by atoms with Crippen LogP contribution < -0.4 is 0 Å². The van der Waals surface area contributed by atoms with Crippen LogP contribution in [-0.4, -0.2) is 17.0 Å². The van der Waals surface area contributed by atoms with Gasteiger partial charge in [0.15, 0.2) is 0 Å². The molecule has 0 atom stereocenters. The first-order valence-electron chi connectivity index (χ1n) is 2.96. The lowest BCUT2D eigenvalue weighted by molar-refractivity contribution is -0.135. The second-order valence-corrected chi connectivity index (χ2v) is 2.22. The maximum Gasteiger partial charge on any atom is 0.329 e. The molecule has 0 aromatic rings. The molecule has 0 aliphatic carbocycles. The van der Waals surface area contributed by atoms with Crippen molar-refractivity contribution in [1.82, 2.24) is 0 Å². The summed E-state index contributed by atoms with van der Waals surface area (Å²) in [6.45, 7) is 1.22.